The SMILES string of the molecule is Nc1nc2c(ncn2[C@@H]2O[C@H](CO)C[C@H]2O[P@](=O)(S)OC[C@H]2OCC(F)(n3ccc4c(N)ncnc43)[C@@H]2O)c(=O)[nH]1. The van der Waals surface area contributed by atoms with Gasteiger partial charge in [-0.2, -0.15) is 4.98 Å². The van der Waals surface area contributed by atoms with Crippen LogP contribution in [0.5, 0.6) is 0 Å². The van der Waals surface area contributed by atoms with Crippen molar-refractivity contribution in [1.82, 2.24) is 34.1 Å². The summed E-state index contributed by atoms with van der Waals surface area (Å²) < 4.78 is 54.0. The molecule has 6 heterocycles. The maximum atomic E-state index is 16.0. The fraction of sp³-hybridized carbons (Fsp3) is 0.476. The lowest BCUT2D eigenvalue weighted by Crippen LogP contribution is -2.43. The maximum absolute atomic E-state index is 16.0. The predicted octanol–water partition coefficient (Wildman–Crippen LogP) is -0.170. The summed E-state index contributed by atoms with van der Waals surface area (Å²) in [5.41, 5.74) is 11.1. The van der Waals surface area contributed by atoms with Crippen LogP contribution < -0.4 is 17.0 Å². The molecule has 0 aromatic carbocycles. The Morgan fingerprint density at radius 1 is 1.32 bits per heavy atom. The standard InChI is InChI=1S/C21H25FN9O8PS/c22-21(31-2-1-10-15(23)25-7-26-16(10)31)6-36-12(14(21)33)5-37-40(35,41)39-11-3-9(4-32)38-19(11)30-8-27-13-17(30)28-20(24)29-18(13)34/h1-2,7-9,11-12,14,19,32-33H,3-6H2,(H,35,41)(H2,23,25,26)(H3,24,28,29,34)/t9-,11+,12+,14+,19+,21?,40+/m0/s1. The fourth-order valence-corrected chi connectivity index (χ4v) is 6.47. The van der Waals surface area contributed by atoms with E-state index in [1.807, 2.05) is 0 Å². The minimum atomic E-state index is -4.20. The summed E-state index contributed by atoms with van der Waals surface area (Å²) in [5.74, 6) is -2.46. The molecule has 0 amide bonds. The average molecular weight is 614 g/mol. The molecule has 2 saturated heterocycles. The molecule has 4 aromatic heterocycles. The number of nitrogens with two attached hydrogens (primary N) is 2. The quantitative estimate of drug-likeness (QED) is 0.112. The van der Waals surface area contributed by atoms with Gasteiger partial charge >= 0.3 is 6.80 Å². The summed E-state index contributed by atoms with van der Waals surface area (Å²) in [6, 6.07) is 1.52. The second-order valence-corrected chi connectivity index (χ2v) is 12.4. The van der Waals surface area contributed by atoms with E-state index in [1.165, 1.54) is 29.5 Å². The van der Waals surface area contributed by atoms with Gasteiger partial charge in [0.05, 0.1) is 31.0 Å². The highest BCUT2D eigenvalue weighted by molar-refractivity contribution is 8.44. The number of nitrogen functional groups attached to an aromatic ring is 2. The molecule has 2 fully saturated rings. The molecule has 7 N–H and O–H groups in total. The number of H-pyrrole nitrogens is 1. The van der Waals surface area contributed by atoms with Crippen LogP contribution in [-0.4, -0.2) is 88.5 Å². The minimum absolute atomic E-state index is 0.0222. The number of alkyl halides is 1. The van der Waals surface area contributed by atoms with Gasteiger partial charge in [0.2, 0.25) is 11.7 Å². The first kappa shape index (κ1) is 28.0. The largest absolute Gasteiger partial charge is 0.394 e. The van der Waals surface area contributed by atoms with Crippen LogP contribution in [0.15, 0.2) is 29.7 Å². The Balaban J connectivity index is 1.17. The topological polar surface area (TPSA) is 241 Å². The van der Waals surface area contributed by atoms with E-state index in [0.717, 1.165) is 4.57 Å². The number of fused-ring (bicyclic) bond motifs is 2. The number of aromatic nitrogens is 7. The van der Waals surface area contributed by atoms with Crippen molar-refractivity contribution in [2.45, 2.75) is 42.9 Å². The van der Waals surface area contributed by atoms with E-state index in [4.69, 9.17) is 30.0 Å². The zero-order valence-corrected chi connectivity index (χ0v) is 22.8. The summed E-state index contributed by atoms with van der Waals surface area (Å²) in [4.78, 5) is 30.6. The Bertz CT molecular complexity index is 1720. The lowest BCUT2D eigenvalue weighted by molar-refractivity contribution is -0.0508. The number of nitrogens with zero attached hydrogens (tertiary/aromatic N) is 6. The molecule has 20 heteroatoms. The van der Waals surface area contributed by atoms with E-state index < -0.39 is 62.0 Å². The molecule has 0 saturated carbocycles. The number of hydrogen-bond donors (Lipinski definition) is 6. The van der Waals surface area contributed by atoms with Gasteiger partial charge in [-0.1, -0.05) is 12.2 Å². The summed E-state index contributed by atoms with van der Waals surface area (Å²) in [7, 11) is 0. The van der Waals surface area contributed by atoms with Crippen LogP contribution in [0.4, 0.5) is 16.2 Å². The molecule has 4 aromatic rings. The Kier molecular flexibility index (Phi) is 7.02. The van der Waals surface area contributed by atoms with Crippen LogP contribution in [0, 0.1) is 0 Å². The molecule has 1 unspecified atom stereocenters. The Hall–Kier alpha value is -3.16. The summed E-state index contributed by atoms with van der Waals surface area (Å²) >= 11 is 4.04. The number of nitrogens with one attached hydrogen (secondary N) is 1. The first-order chi connectivity index (χ1) is 19.5. The van der Waals surface area contributed by atoms with Gasteiger partial charge in [0.1, 0.15) is 42.7 Å². The van der Waals surface area contributed by atoms with E-state index in [0.29, 0.717) is 5.39 Å². The van der Waals surface area contributed by atoms with Crippen molar-refractivity contribution in [3.63, 3.8) is 0 Å². The van der Waals surface area contributed by atoms with Gasteiger partial charge in [-0.25, -0.2) is 23.9 Å². The molecule has 6 rings (SSSR count). The van der Waals surface area contributed by atoms with Crippen molar-refractivity contribution in [2.24, 2.45) is 0 Å². The van der Waals surface area contributed by atoms with Crippen LogP contribution in [0.25, 0.3) is 22.2 Å². The summed E-state index contributed by atoms with van der Waals surface area (Å²) in [6.45, 7) is -5.69. The third-order valence-electron chi connectivity index (χ3n) is 6.96. The Morgan fingerprint density at radius 2 is 2.12 bits per heavy atom. The van der Waals surface area contributed by atoms with E-state index in [1.54, 1.807) is 0 Å². The Morgan fingerprint density at radius 3 is 2.90 bits per heavy atom. The molecule has 17 nitrogen and oxygen atoms in total. The first-order valence-electron chi connectivity index (χ1n) is 12.2. The van der Waals surface area contributed by atoms with Crippen LogP contribution in [0.1, 0.15) is 12.6 Å². The van der Waals surface area contributed by atoms with Gasteiger partial charge in [0, 0.05) is 12.6 Å². The maximum Gasteiger partial charge on any atom is 0.386 e. The highest BCUT2D eigenvalue weighted by atomic mass is 32.7. The van der Waals surface area contributed by atoms with Crippen LogP contribution in [0.3, 0.4) is 0 Å². The van der Waals surface area contributed by atoms with Gasteiger partial charge < -0.3 is 31.2 Å². The molecule has 2 aliphatic heterocycles. The number of imidazole rings is 1. The van der Waals surface area contributed by atoms with Crippen LogP contribution in [-0.2, 0) is 28.9 Å². The van der Waals surface area contributed by atoms with E-state index in [-0.39, 0.29) is 41.6 Å². The third-order valence-corrected chi connectivity index (χ3v) is 8.60. The molecular weight excluding hydrogens is 588 g/mol. The summed E-state index contributed by atoms with van der Waals surface area (Å²) in [6.07, 6.45) is -1.91. The number of aliphatic hydroxyl groups is 2. The average Bonchev–Trinajstić information content (AvgIpc) is 3.69. The zero-order valence-electron chi connectivity index (χ0n) is 21.0. The molecule has 7 atom stereocenters. The van der Waals surface area contributed by atoms with Gasteiger partial charge in [0.25, 0.3) is 5.56 Å². The fourth-order valence-electron chi connectivity index (χ4n) is 4.98. The number of thiol groups is 1. The van der Waals surface area contributed by atoms with Crippen molar-refractivity contribution in [2.75, 3.05) is 31.3 Å². The zero-order chi connectivity index (χ0) is 29.1. The van der Waals surface area contributed by atoms with E-state index >= 15 is 4.39 Å². The van der Waals surface area contributed by atoms with E-state index in [9.17, 15) is 19.6 Å². The van der Waals surface area contributed by atoms with Gasteiger partial charge in [-0.15, -0.1) is 0 Å². The molecule has 0 radical (unpaired) electrons. The number of halogens is 1. The van der Waals surface area contributed by atoms with Crippen molar-refractivity contribution in [1.29, 1.82) is 0 Å². The lowest BCUT2D eigenvalue weighted by atomic mass is 10.1. The number of anilines is 2. The molecule has 220 valence electrons. The number of rotatable bonds is 8. The van der Waals surface area contributed by atoms with Crippen LogP contribution in [0.2, 0.25) is 0 Å². The van der Waals surface area contributed by atoms with Gasteiger partial charge in [0.15, 0.2) is 17.4 Å². The molecule has 0 bridgehead atoms. The predicted molar refractivity (Wildman–Crippen MR) is 142 cm³/mol. The molecular formula is C21H25FN9O8PS. The molecule has 0 spiro atoms. The number of hydrogen-bond acceptors (Lipinski definition) is 14. The smallest absolute Gasteiger partial charge is 0.386 e. The highest BCUT2D eigenvalue weighted by Crippen LogP contribution is 2.57. The summed E-state index contributed by atoms with van der Waals surface area (Å²) in [5, 5.41) is 20.9. The number of aromatic amines is 1. The molecule has 41 heavy (non-hydrogen) atoms. The highest BCUT2D eigenvalue weighted by Gasteiger charge is 2.53. The second kappa shape index (κ2) is 10.3. The normalized spacial score (nSPS) is 29.9. The Labute approximate surface area is 234 Å². The number of aliphatic hydroxyl groups excluding tert-OH is 2. The lowest BCUT2D eigenvalue weighted by Gasteiger charge is -2.27. The van der Waals surface area contributed by atoms with Crippen molar-refractivity contribution in [3.05, 3.63) is 35.3 Å². The van der Waals surface area contributed by atoms with Crippen LogP contribution >= 0.6 is 19.0 Å². The molecule has 0 aliphatic carbocycles. The van der Waals surface area contributed by atoms with E-state index in [2.05, 4.69) is 37.2 Å². The first-order valence-corrected chi connectivity index (χ1v) is 14.9. The minimum Gasteiger partial charge on any atom is -0.394 e. The van der Waals surface area contributed by atoms with Crippen molar-refractivity contribution >= 4 is 53.0 Å². The second-order valence-electron chi connectivity index (χ2n) is 9.55. The van der Waals surface area contributed by atoms with Gasteiger partial charge in [-0.3, -0.25) is 28.0 Å². The van der Waals surface area contributed by atoms with Crippen molar-refractivity contribution in [3.8, 4) is 0 Å². The number of ether oxygens (including phenoxy) is 2. The molecule has 2 aliphatic rings. The third kappa shape index (κ3) is 4.87. The monoisotopic (exact) mass is 613 g/mol. The van der Waals surface area contributed by atoms with Gasteiger partial charge in [-0.05, 0) is 6.07 Å². The van der Waals surface area contributed by atoms with Crippen molar-refractivity contribution < 1.29 is 37.7 Å².